The highest BCUT2D eigenvalue weighted by Gasteiger charge is 2.47. The van der Waals surface area contributed by atoms with Crippen molar-refractivity contribution in [2.24, 2.45) is 11.8 Å². The summed E-state index contributed by atoms with van der Waals surface area (Å²) in [6.07, 6.45) is 6.91. The maximum atomic E-state index is 12.9. The van der Waals surface area contributed by atoms with E-state index in [-0.39, 0.29) is 5.92 Å². The predicted octanol–water partition coefficient (Wildman–Crippen LogP) is 3.81. The van der Waals surface area contributed by atoms with E-state index in [4.69, 9.17) is 4.74 Å². The van der Waals surface area contributed by atoms with Crippen LogP contribution >= 0.6 is 0 Å². The van der Waals surface area contributed by atoms with Crippen molar-refractivity contribution in [1.82, 2.24) is 9.88 Å². The van der Waals surface area contributed by atoms with Gasteiger partial charge in [0.1, 0.15) is 5.75 Å². The maximum absolute atomic E-state index is 12.9. The van der Waals surface area contributed by atoms with Crippen LogP contribution in [0.1, 0.15) is 36.3 Å². The summed E-state index contributed by atoms with van der Waals surface area (Å²) in [7, 11) is 0. The summed E-state index contributed by atoms with van der Waals surface area (Å²) < 4.78 is 5.91. The fraction of sp³-hybridized carbons (Fsp3) is 0.455. The van der Waals surface area contributed by atoms with Gasteiger partial charge in [0, 0.05) is 37.3 Å². The monoisotopic (exact) mass is 350 g/mol. The molecule has 0 radical (unpaired) electrons. The number of hydrogen-bond acceptors (Lipinski definition) is 3. The average Bonchev–Trinajstić information content (AvgIpc) is 3.48. The number of pyridine rings is 1. The van der Waals surface area contributed by atoms with Gasteiger partial charge in [-0.25, -0.2) is 0 Å². The van der Waals surface area contributed by atoms with Crippen molar-refractivity contribution in [3.8, 4) is 5.75 Å². The molecule has 2 fully saturated rings. The van der Waals surface area contributed by atoms with E-state index in [1.807, 2.05) is 48.8 Å². The summed E-state index contributed by atoms with van der Waals surface area (Å²) in [4.78, 5) is 19.2. The Hall–Kier alpha value is -2.36. The van der Waals surface area contributed by atoms with Crippen LogP contribution in [0.25, 0.3) is 0 Å². The van der Waals surface area contributed by atoms with Gasteiger partial charge in [0.25, 0.3) is 0 Å². The van der Waals surface area contributed by atoms with Gasteiger partial charge in [0.15, 0.2) is 0 Å². The van der Waals surface area contributed by atoms with Gasteiger partial charge in [-0.1, -0.05) is 18.2 Å². The zero-order valence-corrected chi connectivity index (χ0v) is 15.3. The maximum Gasteiger partial charge on any atom is 0.226 e. The Balaban J connectivity index is 1.32. The topological polar surface area (TPSA) is 42.4 Å². The van der Waals surface area contributed by atoms with Crippen LogP contribution in [0.5, 0.6) is 5.75 Å². The molecular weight excluding hydrogens is 324 g/mol. The van der Waals surface area contributed by atoms with Crippen LogP contribution in [-0.4, -0.2) is 35.5 Å². The van der Waals surface area contributed by atoms with Gasteiger partial charge in [-0.3, -0.25) is 9.78 Å². The first kappa shape index (κ1) is 17.1. The number of nitrogens with zero attached hydrogens (tertiary/aromatic N) is 2. The SMILES string of the molecule is Cc1ccncc1[C@@H]1C[C@H]1C(=O)N1CCCC(COc2ccccc2)C1. The van der Waals surface area contributed by atoms with E-state index < -0.39 is 0 Å². The van der Waals surface area contributed by atoms with Crippen LogP contribution in [0, 0.1) is 18.8 Å². The molecule has 136 valence electrons. The second kappa shape index (κ2) is 7.48. The van der Waals surface area contributed by atoms with Gasteiger partial charge in [-0.05, 0) is 61.4 Å². The van der Waals surface area contributed by atoms with Gasteiger partial charge < -0.3 is 9.64 Å². The van der Waals surface area contributed by atoms with E-state index in [2.05, 4.69) is 16.8 Å². The Morgan fingerprint density at radius 2 is 2.12 bits per heavy atom. The molecule has 1 aliphatic heterocycles. The third kappa shape index (κ3) is 3.74. The average molecular weight is 350 g/mol. The molecule has 4 rings (SSSR count). The standard InChI is InChI=1S/C22H26N2O2/c1-16-9-10-23-13-21(16)19-12-20(19)22(25)24-11-5-6-17(14-24)15-26-18-7-3-2-4-8-18/h2-4,7-10,13,17,19-20H,5-6,11-12,14-15H2,1H3/t17?,19-,20-/m1/s1. The van der Waals surface area contributed by atoms with Crippen molar-refractivity contribution in [2.45, 2.75) is 32.1 Å². The van der Waals surface area contributed by atoms with Crippen LogP contribution in [0.4, 0.5) is 0 Å². The zero-order chi connectivity index (χ0) is 17.9. The highest BCUT2D eigenvalue weighted by molar-refractivity contribution is 5.83. The Morgan fingerprint density at radius 3 is 2.92 bits per heavy atom. The molecule has 2 aliphatic rings. The Bertz CT molecular complexity index is 762. The summed E-state index contributed by atoms with van der Waals surface area (Å²) in [6, 6.07) is 12.0. The third-order valence-corrected chi connectivity index (χ3v) is 5.65. The number of carbonyl (C=O) groups excluding carboxylic acids is 1. The molecule has 4 heteroatoms. The van der Waals surface area contributed by atoms with E-state index in [0.29, 0.717) is 24.3 Å². The minimum atomic E-state index is 0.145. The van der Waals surface area contributed by atoms with Crippen molar-refractivity contribution in [3.05, 3.63) is 59.9 Å². The molecular formula is C22H26N2O2. The lowest BCUT2D eigenvalue weighted by Gasteiger charge is -2.33. The number of piperidine rings is 1. The minimum absolute atomic E-state index is 0.145. The van der Waals surface area contributed by atoms with Crippen molar-refractivity contribution < 1.29 is 9.53 Å². The first-order valence-corrected chi connectivity index (χ1v) is 9.59. The predicted molar refractivity (Wildman–Crippen MR) is 101 cm³/mol. The molecule has 1 aromatic heterocycles. The number of benzene rings is 1. The highest BCUT2D eigenvalue weighted by atomic mass is 16.5. The summed E-state index contributed by atoms with van der Waals surface area (Å²) in [5, 5.41) is 0. The van der Waals surface area contributed by atoms with Gasteiger partial charge in [0.2, 0.25) is 5.91 Å². The molecule has 1 aliphatic carbocycles. The quantitative estimate of drug-likeness (QED) is 0.823. The lowest BCUT2D eigenvalue weighted by atomic mass is 9.98. The van der Waals surface area contributed by atoms with E-state index in [1.165, 1.54) is 11.1 Å². The highest BCUT2D eigenvalue weighted by Crippen LogP contribution is 2.49. The number of hydrogen-bond donors (Lipinski definition) is 0. The molecule has 1 unspecified atom stereocenters. The van der Waals surface area contributed by atoms with Crippen LogP contribution in [0.2, 0.25) is 0 Å². The molecule has 2 aromatic rings. The minimum Gasteiger partial charge on any atom is -0.493 e. The van der Waals surface area contributed by atoms with Gasteiger partial charge in [-0.15, -0.1) is 0 Å². The number of para-hydroxylation sites is 1. The molecule has 1 saturated heterocycles. The molecule has 26 heavy (non-hydrogen) atoms. The molecule has 2 heterocycles. The Morgan fingerprint density at radius 1 is 1.27 bits per heavy atom. The first-order valence-electron chi connectivity index (χ1n) is 9.59. The molecule has 4 nitrogen and oxygen atoms in total. The van der Waals surface area contributed by atoms with Crippen molar-refractivity contribution in [2.75, 3.05) is 19.7 Å². The lowest BCUT2D eigenvalue weighted by molar-refractivity contribution is -0.134. The van der Waals surface area contributed by atoms with Crippen LogP contribution in [0.3, 0.4) is 0 Å². The third-order valence-electron chi connectivity index (χ3n) is 5.65. The molecule has 0 N–H and O–H groups in total. The summed E-state index contributed by atoms with van der Waals surface area (Å²) in [5.74, 6) is 2.15. The number of carbonyl (C=O) groups is 1. The fourth-order valence-electron chi connectivity index (χ4n) is 4.04. The van der Waals surface area contributed by atoms with Crippen LogP contribution in [-0.2, 0) is 4.79 Å². The zero-order valence-electron chi connectivity index (χ0n) is 15.3. The smallest absolute Gasteiger partial charge is 0.226 e. The van der Waals surface area contributed by atoms with Crippen LogP contribution in [0.15, 0.2) is 48.8 Å². The molecule has 0 bridgehead atoms. The summed E-state index contributed by atoms with van der Waals surface area (Å²) in [5.41, 5.74) is 2.49. The number of aryl methyl sites for hydroxylation is 1. The number of amides is 1. The van der Waals surface area contributed by atoms with E-state index in [0.717, 1.165) is 38.1 Å². The van der Waals surface area contributed by atoms with E-state index in [1.54, 1.807) is 0 Å². The molecule has 1 amide bonds. The lowest BCUT2D eigenvalue weighted by Crippen LogP contribution is -2.42. The first-order chi connectivity index (χ1) is 12.7. The summed E-state index contributed by atoms with van der Waals surface area (Å²) in [6.45, 7) is 4.50. The number of rotatable bonds is 5. The second-order valence-corrected chi connectivity index (χ2v) is 7.60. The van der Waals surface area contributed by atoms with Gasteiger partial charge >= 0.3 is 0 Å². The van der Waals surface area contributed by atoms with E-state index in [9.17, 15) is 4.79 Å². The van der Waals surface area contributed by atoms with Gasteiger partial charge in [-0.2, -0.15) is 0 Å². The normalized spacial score (nSPS) is 25.0. The van der Waals surface area contributed by atoms with Crippen molar-refractivity contribution >= 4 is 5.91 Å². The molecule has 3 atom stereocenters. The fourth-order valence-corrected chi connectivity index (χ4v) is 4.04. The van der Waals surface area contributed by atoms with Crippen molar-refractivity contribution in [1.29, 1.82) is 0 Å². The summed E-state index contributed by atoms with van der Waals surface area (Å²) >= 11 is 0. The van der Waals surface area contributed by atoms with Crippen molar-refractivity contribution in [3.63, 3.8) is 0 Å². The van der Waals surface area contributed by atoms with Crippen LogP contribution < -0.4 is 4.74 Å². The van der Waals surface area contributed by atoms with E-state index >= 15 is 0 Å². The number of likely N-dealkylation sites (tertiary alicyclic amines) is 1. The van der Waals surface area contributed by atoms with Gasteiger partial charge in [0.05, 0.1) is 6.61 Å². The Labute approximate surface area is 155 Å². The Kier molecular flexibility index (Phi) is 4.91. The molecule has 1 aromatic carbocycles. The molecule has 0 spiro atoms. The second-order valence-electron chi connectivity index (χ2n) is 7.60. The number of ether oxygens (including phenoxy) is 1. The molecule has 1 saturated carbocycles. The number of aromatic nitrogens is 1. The largest absolute Gasteiger partial charge is 0.493 e.